The average Bonchev–Trinajstić information content (AvgIpc) is 3.26. The van der Waals surface area contributed by atoms with Gasteiger partial charge in [-0.05, 0) is 13.3 Å². The lowest BCUT2D eigenvalue weighted by molar-refractivity contribution is -0.134. The van der Waals surface area contributed by atoms with Gasteiger partial charge < -0.3 is 10.2 Å². The Hall–Kier alpha value is -2.62. The van der Waals surface area contributed by atoms with E-state index in [9.17, 15) is 14.4 Å². The molecule has 1 aliphatic carbocycles. The van der Waals surface area contributed by atoms with E-state index in [1.54, 1.807) is 14.0 Å². The number of rotatable bonds is 6. The first-order valence-corrected chi connectivity index (χ1v) is 9.98. The molecule has 0 spiro atoms. The maximum Gasteiger partial charge on any atom is 0.228 e. The molecule has 2 aromatic rings. The van der Waals surface area contributed by atoms with E-state index in [0.717, 1.165) is 6.42 Å². The van der Waals surface area contributed by atoms with Gasteiger partial charge in [0.25, 0.3) is 0 Å². The third-order valence-corrected chi connectivity index (χ3v) is 6.03. The van der Waals surface area contributed by atoms with Crippen molar-refractivity contribution in [2.45, 2.75) is 46.6 Å². The second-order valence-corrected chi connectivity index (χ2v) is 8.11. The highest BCUT2D eigenvalue weighted by Crippen LogP contribution is 2.33. The molecule has 1 aliphatic rings. The molecule has 1 N–H and O–H groups in total. The van der Waals surface area contributed by atoms with Crippen molar-refractivity contribution in [2.24, 2.45) is 11.8 Å². The molecule has 2 unspecified atom stereocenters. The Morgan fingerprint density at radius 3 is 2.75 bits per heavy atom. The predicted molar refractivity (Wildman–Crippen MR) is 102 cm³/mol. The molecule has 0 radical (unpaired) electrons. The molecule has 0 saturated heterocycles. The fourth-order valence-electron chi connectivity index (χ4n) is 2.98. The summed E-state index contributed by atoms with van der Waals surface area (Å²) >= 11 is 1.18. The Bertz CT molecular complexity index is 906. The number of Topliss-reactive ketones (excluding diaryl/α,β-unsaturated/α-hetero) is 1. The summed E-state index contributed by atoms with van der Waals surface area (Å²) in [6.07, 6.45) is 1.22. The van der Waals surface area contributed by atoms with Crippen LogP contribution in [0.1, 0.15) is 53.4 Å². The van der Waals surface area contributed by atoms with Gasteiger partial charge in [0.2, 0.25) is 11.8 Å². The van der Waals surface area contributed by atoms with E-state index in [0.29, 0.717) is 33.5 Å². The maximum absolute atomic E-state index is 12.8. The Balaban J connectivity index is 1.69. The van der Waals surface area contributed by atoms with Crippen molar-refractivity contribution in [1.82, 2.24) is 20.2 Å². The minimum absolute atomic E-state index is 0.117. The minimum Gasteiger partial charge on any atom is -0.339 e. The quantitative estimate of drug-likeness (QED) is 0.783. The summed E-state index contributed by atoms with van der Waals surface area (Å²) in [4.78, 5) is 43.9. The molecule has 0 aromatic carbocycles. The number of amides is 2. The highest BCUT2D eigenvalue weighted by atomic mass is 32.1. The summed E-state index contributed by atoms with van der Waals surface area (Å²) in [5, 5.41) is 10.7. The Morgan fingerprint density at radius 1 is 1.36 bits per heavy atom. The molecular formula is C18H23N5O4S. The molecule has 0 aliphatic heterocycles. The molecule has 3 rings (SSSR count). The van der Waals surface area contributed by atoms with Crippen LogP contribution in [0.5, 0.6) is 0 Å². The first-order chi connectivity index (χ1) is 13.3. The Kier molecular flexibility index (Phi) is 5.87. The van der Waals surface area contributed by atoms with E-state index in [2.05, 4.69) is 25.2 Å². The van der Waals surface area contributed by atoms with Gasteiger partial charge in [0.15, 0.2) is 10.9 Å². The number of carbonyl (C=O) groups excluding carboxylic acids is 3. The summed E-state index contributed by atoms with van der Waals surface area (Å²) in [7, 11) is 1.66. The van der Waals surface area contributed by atoms with Crippen LogP contribution in [0.15, 0.2) is 4.63 Å². The number of ketones is 1. The molecule has 0 fully saturated rings. The van der Waals surface area contributed by atoms with Gasteiger partial charge in [-0.1, -0.05) is 35.5 Å². The number of hydrogen-bond acceptors (Lipinski definition) is 8. The van der Waals surface area contributed by atoms with Gasteiger partial charge in [-0.2, -0.15) is 0 Å². The number of hydrogen-bond donors (Lipinski definition) is 1. The third kappa shape index (κ3) is 4.11. The number of nitrogens with zero attached hydrogens (tertiary/aromatic N) is 4. The molecule has 0 bridgehead atoms. The van der Waals surface area contributed by atoms with Gasteiger partial charge in [0.05, 0.1) is 23.0 Å². The summed E-state index contributed by atoms with van der Waals surface area (Å²) in [6.45, 7) is 5.79. The first-order valence-electron chi connectivity index (χ1n) is 9.16. The average molecular weight is 405 g/mol. The van der Waals surface area contributed by atoms with Crippen molar-refractivity contribution < 1.29 is 19.0 Å². The van der Waals surface area contributed by atoms with Crippen LogP contribution in [0, 0.1) is 18.8 Å². The minimum atomic E-state index is -0.481. The van der Waals surface area contributed by atoms with Crippen LogP contribution < -0.4 is 5.32 Å². The highest BCUT2D eigenvalue weighted by Gasteiger charge is 2.35. The molecule has 2 amide bonds. The van der Waals surface area contributed by atoms with Crippen molar-refractivity contribution in [1.29, 1.82) is 0 Å². The third-order valence-electron chi connectivity index (χ3n) is 4.97. The lowest BCUT2D eigenvalue weighted by atomic mass is 9.89. The van der Waals surface area contributed by atoms with Crippen LogP contribution in [0.3, 0.4) is 0 Å². The van der Waals surface area contributed by atoms with E-state index in [1.807, 2.05) is 13.8 Å². The van der Waals surface area contributed by atoms with Crippen LogP contribution >= 0.6 is 11.3 Å². The molecule has 10 heteroatoms. The van der Waals surface area contributed by atoms with Gasteiger partial charge in [-0.25, -0.2) is 9.61 Å². The van der Waals surface area contributed by atoms with Crippen molar-refractivity contribution in [2.75, 3.05) is 12.4 Å². The van der Waals surface area contributed by atoms with Gasteiger partial charge in [-0.3, -0.25) is 14.4 Å². The Labute approximate surface area is 166 Å². The van der Waals surface area contributed by atoms with Crippen molar-refractivity contribution >= 4 is 34.1 Å². The smallest absolute Gasteiger partial charge is 0.228 e. The maximum atomic E-state index is 12.8. The largest absolute Gasteiger partial charge is 0.339 e. The monoisotopic (exact) mass is 405 g/mol. The van der Waals surface area contributed by atoms with Crippen molar-refractivity contribution in [3.8, 4) is 0 Å². The van der Waals surface area contributed by atoms with E-state index in [1.165, 1.54) is 16.2 Å². The predicted octanol–water partition coefficient (Wildman–Crippen LogP) is 2.22. The molecule has 0 saturated carbocycles. The Morgan fingerprint density at radius 2 is 2.11 bits per heavy atom. The topological polar surface area (TPSA) is 118 Å². The van der Waals surface area contributed by atoms with Crippen LogP contribution in [0.25, 0.3) is 0 Å². The lowest BCUT2D eigenvalue weighted by Gasteiger charge is -2.24. The molecule has 9 nitrogen and oxygen atoms in total. The zero-order valence-electron chi connectivity index (χ0n) is 16.3. The zero-order valence-corrected chi connectivity index (χ0v) is 17.1. The normalized spacial score (nSPS) is 17.1. The SMILES string of the molecule is CCC(C)C(=O)Nc1nc2c(s1)C(=O)CC(C(=O)N(C)Cc1nonc1C)C2. The first kappa shape index (κ1) is 20.1. The van der Waals surface area contributed by atoms with Crippen LogP contribution in [-0.4, -0.2) is 44.8 Å². The summed E-state index contributed by atoms with van der Waals surface area (Å²) < 4.78 is 4.66. The van der Waals surface area contributed by atoms with Gasteiger partial charge in [-0.15, -0.1) is 0 Å². The zero-order chi connectivity index (χ0) is 20.4. The van der Waals surface area contributed by atoms with E-state index in [4.69, 9.17) is 0 Å². The van der Waals surface area contributed by atoms with Crippen LogP contribution in [-0.2, 0) is 22.6 Å². The summed E-state index contributed by atoms with van der Waals surface area (Å²) in [5.41, 5.74) is 1.79. The number of fused-ring (bicyclic) bond motifs is 1. The fraction of sp³-hybridized carbons (Fsp3) is 0.556. The van der Waals surface area contributed by atoms with Crippen LogP contribution in [0.2, 0.25) is 0 Å². The number of nitrogens with one attached hydrogen (secondary N) is 1. The molecule has 150 valence electrons. The van der Waals surface area contributed by atoms with Gasteiger partial charge in [0, 0.05) is 25.8 Å². The molecule has 2 atom stereocenters. The number of thiazole rings is 1. The second-order valence-electron chi connectivity index (χ2n) is 7.11. The van der Waals surface area contributed by atoms with E-state index >= 15 is 0 Å². The van der Waals surface area contributed by atoms with Crippen molar-refractivity contribution in [3.63, 3.8) is 0 Å². The number of anilines is 1. The summed E-state index contributed by atoms with van der Waals surface area (Å²) in [6, 6.07) is 0. The number of carbonyl (C=O) groups is 3. The van der Waals surface area contributed by atoms with E-state index in [-0.39, 0.29) is 36.5 Å². The number of aromatic nitrogens is 3. The molecule has 2 aromatic heterocycles. The number of aryl methyl sites for hydroxylation is 1. The molecule has 2 heterocycles. The lowest BCUT2D eigenvalue weighted by Crippen LogP contribution is -2.37. The second kappa shape index (κ2) is 8.17. The van der Waals surface area contributed by atoms with E-state index < -0.39 is 5.92 Å². The van der Waals surface area contributed by atoms with Crippen LogP contribution in [0.4, 0.5) is 5.13 Å². The molecule has 28 heavy (non-hydrogen) atoms. The molecular weight excluding hydrogens is 382 g/mol. The van der Waals surface area contributed by atoms with Gasteiger partial charge >= 0.3 is 0 Å². The summed E-state index contributed by atoms with van der Waals surface area (Å²) in [5.74, 6) is -1.00. The fourth-order valence-corrected chi connectivity index (χ4v) is 3.92. The standard InChI is InChI=1S/C18H23N5O4S/c1-5-9(2)16(25)20-18-19-12-6-11(7-14(24)15(12)28-18)17(26)23(4)8-13-10(3)21-27-22-13/h9,11H,5-8H2,1-4H3,(H,19,20,25). The van der Waals surface area contributed by atoms with Crippen molar-refractivity contribution in [3.05, 3.63) is 22.0 Å². The van der Waals surface area contributed by atoms with Gasteiger partial charge in [0.1, 0.15) is 11.4 Å². The highest BCUT2D eigenvalue weighted by molar-refractivity contribution is 7.17.